The third kappa shape index (κ3) is 2.69. The van der Waals surface area contributed by atoms with Crippen molar-refractivity contribution < 1.29 is 14.3 Å². The zero-order valence-corrected chi connectivity index (χ0v) is 11.6. The van der Waals surface area contributed by atoms with Crippen LogP contribution in [0.15, 0.2) is 10.6 Å². The molecule has 2 heterocycles. The van der Waals surface area contributed by atoms with E-state index in [2.05, 4.69) is 15.3 Å². The molecule has 0 amide bonds. The first-order valence-corrected chi connectivity index (χ1v) is 6.14. The fourth-order valence-corrected chi connectivity index (χ4v) is 1.69. The molecule has 108 valence electrons. The molecule has 0 unspecified atom stereocenters. The summed E-state index contributed by atoms with van der Waals surface area (Å²) in [6.45, 7) is 6.27. The molecule has 3 N–H and O–H groups in total. The van der Waals surface area contributed by atoms with Crippen molar-refractivity contribution in [2.45, 2.75) is 39.3 Å². The summed E-state index contributed by atoms with van der Waals surface area (Å²) in [7, 11) is 0. The molecule has 8 nitrogen and oxygen atoms in total. The van der Waals surface area contributed by atoms with Crippen LogP contribution in [0.3, 0.4) is 0 Å². The molecule has 2 rings (SSSR count). The van der Waals surface area contributed by atoms with E-state index in [4.69, 9.17) is 15.3 Å². The fraction of sp³-hybridized carbons (Fsp3) is 0.500. The lowest BCUT2D eigenvalue weighted by atomic mass is 9.94. The van der Waals surface area contributed by atoms with Crippen LogP contribution in [0.1, 0.15) is 48.6 Å². The molecule has 0 aliphatic carbocycles. The minimum absolute atomic E-state index is 0.0292. The van der Waals surface area contributed by atoms with Gasteiger partial charge in [-0.2, -0.15) is 0 Å². The number of carboxylic acids is 1. The average Bonchev–Trinajstić information content (AvgIpc) is 2.95. The predicted molar refractivity (Wildman–Crippen MR) is 69.2 cm³/mol. The summed E-state index contributed by atoms with van der Waals surface area (Å²) >= 11 is 0. The van der Waals surface area contributed by atoms with Crippen LogP contribution in [0, 0.1) is 0 Å². The first kappa shape index (κ1) is 14.2. The second-order valence-corrected chi connectivity index (χ2v) is 5.42. The lowest BCUT2D eigenvalue weighted by Crippen LogP contribution is -2.13. The van der Waals surface area contributed by atoms with Gasteiger partial charge in [0.2, 0.25) is 5.89 Å². The van der Waals surface area contributed by atoms with Crippen LogP contribution in [-0.4, -0.2) is 31.1 Å². The normalized spacial score (nSPS) is 11.8. The number of hydrogen-bond donors (Lipinski definition) is 2. The van der Waals surface area contributed by atoms with Crippen molar-refractivity contribution in [1.29, 1.82) is 0 Å². The Kier molecular flexibility index (Phi) is 3.58. The van der Waals surface area contributed by atoms with Gasteiger partial charge in [0.15, 0.2) is 5.69 Å². The van der Waals surface area contributed by atoms with Gasteiger partial charge < -0.3 is 15.3 Å². The summed E-state index contributed by atoms with van der Waals surface area (Å²) in [5.41, 5.74) is 5.60. The summed E-state index contributed by atoms with van der Waals surface area (Å²) in [5.74, 6) is 0.0336. The van der Waals surface area contributed by atoms with Gasteiger partial charge in [0.05, 0.1) is 11.9 Å². The molecule has 0 saturated heterocycles. The van der Waals surface area contributed by atoms with E-state index in [1.807, 2.05) is 20.8 Å². The number of aromatic carboxylic acids is 1. The molecule has 2 aromatic heterocycles. The predicted octanol–water partition coefficient (Wildman–Crippen LogP) is 0.769. The van der Waals surface area contributed by atoms with Gasteiger partial charge in [-0.25, -0.2) is 14.5 Å². The first-order valence-electron chi connectivity index (χ1n) is 6.14. The number of oxazole rings is 1. The van der Waals surface area contributed by atoms with E-state index >= 15 is 0 Å². The van der Waals surface area contributed by atoms with Crippen LogP contribution in [0.4, 0.5) is 0 Å². The summed E-state index contributed by atoms with van der Waals surface area (Å²) in [6, 6.07) is 0. The fourth-order valence-electron chi connectivity index (χ4n) is 1.69. The molecule has 0 aromatic carbocycles. The average molecular weight is 279 g/mol. The second-order valence-electron chi connectivity index (χ2n) is 5.42. The molecule has 0 atom stereocenters. The standard InChI is InChI=1S/C12H17N5O3/c1-12(2,3)8-5-14-9(20-8)6-17-7(4-13)10(11(18)19)15-16-17/h5H,4,6,13H2,1-3H3,(H,18,19). The van der Waals surface area contributed by atoms with Gasteiger partial charge in [0, 0.05) is 12.0 Å². The van der Waals surface area contributed by atoms with Crippen LogP contribution in [0.2, 0.25) is 0 Å². The van der Waals surface area contributed by atoms with Gasteiger partial charge in [-0.15, -0.1) is 5.10 Å². The molecule has 0 aliphatic heterocycles. The Balaban J connectivity index is 2.26. The van der Waals surface area contributed by atoms with Crippen molar-refractivity contribution in [2.24, 2.45) is 5.73 Å². The van der Waals surface area contributed by atoms with Gasteiger partial charge in [0.25, 0.3) is 0 Å². The number of nitrogens with zero attached hydrogens (tertiary/aromatic N) is 4. The molecule has 0 spiro atoms. The number of hydrogen-bond acceptors (Lipinski definition) is 6. The molecule has 0 bridgehead atoms. The minimum Gasteiger partial charge on any atom is -0.476 e. The van der Waals surface area contributed by atoms with E-state index in [-0.39, 0.29) is 24.2 Å². The maximum absolute atomic E-state index is 11.0. The third-order valence-electron chi connectivity index (χ3n) is 2.81. The second kappa shape index (κ2) is 5.04. The maximum atomic E-state index is 11.0. The van der Waals surface area contributed by atoms with E-state index < -0.39 is 5.97 Å². The summed E-state index contributed by atoms with van der Waals surface area (Å²) < 4.78 is 7.02. The van der Waals surface area contributed by atoms with Crippen molar-refractivity contribution in [3.8, 4) is 0 Å². The summed E-state index contributed by atoms with van der Waals surface area (Å²) in [6.07, 6.45) is 1.66. The lowest BCUT2D eigenvalue weighted by Gasteiger charge is -2.13. The molecule has 2 aromatic rings. The summed E-state index contributed by atoms with van der Waals surface area (Å²) in [5, 5.41) is 16.4. The first-order chi connectivity index (χ1) is 9.32. The SMILES string of the molecule is CC(C)(C)c1cnc(Cn2nnc(C(=O)O)c2CN)o1. The van der Waals surface area contributed by atoms with Gasteiger partial charge >= 0.3 is 5.97 Å². The zero-order chi connectivity index (χ0) is 14.9. The van der Waals surface area contributed by atoms with Gasteiger partial charge in [0.1, 0.15) is 12.3 Å². The topological polar surface area (TPSA) is 120 Å². The van der Waals surface area contributed by atoms with Crippen LogP contribution < -0.4 is 5.73 Å². The largest absolute Gasteiger partial charge is 0.476 e. The van der Waals surface area contributed by atoms with Gasteiger partial charge in [-0.05, 0) is 0 Å². The Labute approximate surface area is 115 Å². The van der Waals surface area contributed by atoms with E-state index in [1.165, 1.54) is 4.68 Å². The quantitative estimate of drug-likeness (QED) is 0.847. The number of nitrogens with two attached hydrogens (primary N) is 1. The van der Waals surface area contributed by atoms with Crippen LogP contribution in [0.25, 0.3) is 0 Å². The van der Waals surface area contributed by atoms with Crippen LogP contribution in [-0.2, 0) is 18.5 Å². The highest BCUT2D eigenvalue weighted by Crippen LogP contribution is 2.23. The van der Waals surface area contributed by atoms with Crippen molar-refractivity contribution in [1.82, 2.24) is 20.0 Å². The Hall–Kier alpha value is -2.22. The molecule has 8 heteroatoms. The van der Waals surface area contributed by atoms with Gasteiger partial charge in [-0.3, -0.25) is 0 Å². The van der Waals surface area contributed by atoms with E-state index in [0.717, 1.165) is 5.76 Å². The highest BCUT2D eigenvalue weighted by Gasteiger charge is 2.21. The Morgan fingerprint density at radius 1 is 1.50 bits per heavy atom. The molecular weight excluding hydrogens is 262 g/mol. The van der Waals surface area contributed by atoms with Crippen molar-refractivity contribution in [2.75, 3.05) is 0 Å². The molecule has 0 fully saturated rings. The Bertz CT molecular complexity index is 623. The number of carbonyl (C=O) groups is 1. The van der Waals surface area contributed by atoms with E-state index in [1.54, 1.807) is 6.20 Å². The smallest absolute Gasteiger partial charge is 0.358 e. The van der Waals surface area contributed by atoms with Crippen LogP contribution in [0.5, 0.6) is 0 Å². The molecule has 0 aliphatic rings. The number of rotatable bonds is 4. The highest BCUT2D eigenvalue weighted by atomic mass is 16.4. The van der Waals surface area contributed by atoms with Crippen molar-refractivity contribution in [3.63, 3.8) is 0 Å². The molecule has 20 heavy (non-hydrogen) atoms. The molecule has 0 saturated carbocycles. The third-order valence-corrected chi connectivity index (χ3v) is 2.81. The van der Waals surface area contributed by atoms with Crippen molar-refractivity contribution >= 4 is 5.97 Å². The molecular formula is C12H17N5O3. The highest BCUT2D eigenvalue weighted by molar-refractivity contribution is 5.86. The minimum atomic E-state index is -1.15. The number of carboxylic acid groups (broad SMARTS) is 1. The number of aromatic nitrogens is 4. The van der Waals surface area contributed by atoms with E-state index in [0.29, 0.717) is 11.6 Å². The Morgan fingerprint density at radius 3 is 2.70 bits per heavy atom. The monoisotopic (exact) mass is 279 g/mol. The Morgan fingerprint density at radius 2 is 2.20 bits per heavy atom. The van der Waals surface area contributed by atoms with Crippen molar-refractivity contribution in [3.05, 3.63) is 29.2 Å². The zero-order valence-electron chi connectivity index (χ0n) is 11.6. The maximum Gasteiger partial charge on any atom is 0.358 e. The molecule has 0 radical (unpaired) electrons. The summed E-state index contributed by atoms with van der Waals surface area (Å²) in [4.78, 5) is 15.1. The van der Waals surface area contributed by atoms with Gasteiger partial charge in [-0.1, -0.05) is 26.0 Å². The van der Waals surface area contributed by atoms with E-state index in [9.17, 15) is 4.79 Å². The van der Waals surface area contributed by atoms with Crippen LogP contribution >= 0.6 is 0 Å². The lowest BCUT2D eigenvalue weighted by molar-refractivity contribution is 0.0689.